The van der Waals surface area contributed by atoms with Crippen molar-refractivity contribution in [2.75, 3.05) is 5.75 Å². The number of aromatic amines is 1. The Morgan fingerprint density at radius 2 is 1.76 bits per heavy atom. The fourth-order valence-electron chi connectivity index (χ4n) is 4.19. The molecule has 0 saturated carbocycles. The Kier molecular flexibility index (Phi) is 8.92. The minimum Gasteiger partial charge on any atom is -0.477 e. The number of nitrogens with one attached hydrogen (secondary N) is 1. The Hall–Kier alpha value is -2.38. The lowest BCUT2D eigenvalue weighted by Crippen LogP contribution is -2.19. The fourth-order valence-corrected chi connectivity index (χ4v) is 7.43. The predicted molar refractivity (Wildman–Crippen MR) is 135 cm³/mol. The molecule has 0 bridgehead atoms. The summed E-state index contributed by atoms with van der Waals surface area (Å²) < 4.78 is 26.5. The zero-order valence-electron chi connectivity index (χ0n) is 19.3. The number of hydrogen-bond donors (Lipinski definition) is 2. The highest BCUT2D eigenvalue weighted by molar-refractivity contribution is 7.91. The van der Waals surface area contributed by atoms with E-state index in [0.29, 0.717) is 24.1 Å². The molecule has 0 aliphatic carbocycles. The number of carbonyl (C=O) groups is 1. The number of sulfone groups is 1. The first-order chi connectivity index (χ1) is 15.8. The van der Waals surface area contributed by atoms with Crippen LogP contribution in [-0.4, -0.2) is 30.2 Å². The molecule has 0 fully saturated rings. The quantitative estimate of drug-likeness (QED) is 0.292. The molecule has 0 spiro atoms. The lowest BCUT2D eigenvalue weighted by atomic mass is 9.91. The minimum absolute atomic E-state index is 0.0338. The van der Waals surface area contributed by atoms with Gasteiger partial charge in [0.05, 0.1) is 11.0 Å². The van der Waals surface area contributed by atoms with Crippen molar-refractivity contribution in [3.63, 3.8) is 0 Å². The van der Waals surface area contributed by atoms with Gasteiger partial charge in [0.15, 0.2) is 9.84 Å². The van der Waals surface area contributed by atoms with Crippen LogP contribution < -0.4 is 0 Å². The molecule has 0 radical (unpaired) electrons. The first kappa shape index (κ1) is 25.2. The third-order valence-corrected chi connectivity index (χ3v) is 9.59. The largest absolute Gasteiger partial charge is 0.477 e. The highest BCUT2D eigenvalue weighted by atomic mass is 32.2. The molecule has 0 saturated heterocycles. The van der Waals surface area contributed by atoms with Gasteiger partial charge in [0.2, 0.25) is 0 Å². The molecule has 2 heterocycles. The van der Waals surface area contributed by atoms with Crippen LogP contribution in [-0.2, 0) is 22.7 Å². The molecule has 0 amide bonds. The predicted octanol–water partition coefficient (Wildman–Crippen LogP) is 6.40. The molecular weight excluding hydrogens is 454 g/mol. The second-order valence-electron chi connectivity index (χ2n) is 8.55. The van der Waals surface area contributed by atoms with Gasteiger partial charge >= 0.3 is 5.97 Å². The average Bonchev–Trinajstić information content (AvgIpc) is 3.48. The van der Waals surface area contributed by atoms with Crippen LogP contribution in [0.25, 0.3) is 0 Å². The number of aryl methyl sites for hydroxylation is 1. The molecule has 2 atom stereocenters. The maximum atomic E-state index is 13.3. The highest BCUT2D eigenvalue weighted by Crippen LogP contribution is 2.39. The number of aromatic nitrogens is 1. The molecule has 33 heavy (non-hydrogen) atoms. The lowest BCUT2D eigenvalue weighted by molar-refractivity contribution is 0.0702. The Morgan fingerprint density at radius 3 is 2.33 bits per heavy atom. The number of rotatable bonds is 13. The van der Waals surface area contributed by atoms with Crippen molar-refractivity contribution in [3.8, 4) is 0 Å². The summed E-state index contributed by atoms with van der Waals surface area (Å²) in [6, 6.07) is 15.7. The molecule has 1 aromatic carbocycles. The number of hydrogen-bond acceptors (Lipinski definition) is 4. The van der Waals surface area contributed by atoms with E-state index in [0.717, 1.165) is 29.9 Å². The molecule has 2 N–H and O–H groups in total. The van der Waals surface area contributed by atoms with Gasteiger partial charge in [0.25, 0.3) is 0 Å². The number of unbranched alkanes of at least 4 members (excludes halogenated alkanes) is 1. The molecule has 2 aromatic heterocycles. The Bertz CT molecular complexity index is 1120. The SMILES string of the molecule is CCCCc1ccc(CC(CC(c2ccc(C(=O)O)s2)S(=O)(=O)CCC)c2ccc[nH]2)cc1. The van der Waals surface area contributed by atoms with Crippen molar-refractivity contribution in [2.24, 2.45) is 0 Å². The van der Waals surface area contributed by atoms with Crippen LogP contribution in [0.5, 0.6) is 0 Å². The standard InChI is InChI=1S/C26H33NO4S2/c1-3-5-7-19-9-11-20(12-10-19)17-21(22-8-6-15-27-22)18-25(33(30,31)16-4-2)23-13-14-24(32-23)26(28)29/h6,8-15,21,25,27H,3-5,7,16-18H2,1-2H3,(H,28,29). The molecular formula is C26H33NO4S2. The van der Waals surface area contributed by atoms with Gasteiger partial charge in [0.1, 0.15) is 4.88 Å². The van der Waals surface area contributed by atoms with Gasteiger partial charge in [-0.2, -0.15) is 0 Å². The van der Waals surface area contributed by atoms with Crippen LogP contribution in [0.2, 0.25) is 0 Å². The van der Waals surface area contributed by atoms with E-state index in [1.807, 2.05) is 25.3 Å². The molecule has 7 heteroatoms. The van der Waals surface area contributed by atoms with Crippen molar-refractivity contribution < 1.29 is 18.3 Å². The van der Waals surface area contributed by atoms with E-state index in [1.165, 1.54) is 23.6 Å². The molecule has 5 nitrogen and oxygen atoms in total. The summed E-state index contributed by atoms with van der Waals surface area (Å²) in [7, 11) is -3.43. The maximum Gasteiger partial charge on any atom is 0.345 e. The fraction of sp³-hybridized carbons (Fsp3) is 0.423. The van der Waals surface area contributed by atoms with Gasteiger partial charge in [-0.3, -0.25) is 0 Å². The van der Waals surface area contributed by atoms with E-state index in [1.54, 1.807) is 6.07 Å². The van der Waals surface area contributed by atoms with Crippen LogP contribution in [0.1, 0.15) is 82.1 Å². The average molecular weight is 488 g/mol. The monoisotopic (exact) mass is 487 g/mol. The van der Waals surface area contributed by atoms with Gasteiger partial charge in [-0.25, -0.2) is 13.2 Å². The van der Waals surface area contributed by atoms with Crippen LogP contribution in [0.3, 0.4) is 0 Å². The van der Waals surface area contributed by atoms with Gasteiger partial charge < -0.3 is 10.1 Å². The summed E-state index contributed by atoms with van der Waals surface area (Å²) in [5.74, 6) is -0.975. The number of carboxylic acids is 1. The van der Waals surface area contributed by atoms with E-state index in [9.17, 15) is 18.3 Å². The smallest absolute Gasteiger partial charge is 0.345 e. The van der Waals surface area contributed by atoms with Crippen LogP contribution >= 0.6 is 11.3 Å². The van der Waals surface area contributed by atoms with Crippen molar-refractivity contribution in [2.45, 2.75) is 63.5 Å². The zero-order valence-corrected chi connectivity index (χ0v) is 20.9. The van der Waals surface area contributed by atoms with Gasteiger partial charge in [-0.05, 0) is 67.5 Å². The van der Waals surface area contributed by atoms with Crippen molar-refractivity contribution in [3.05, 3.63) is 81.3 Å². The summed E-state index contributed by atoms with van der Waals surface area (Å²) in [5.41, 5.74) is 3.48. The Labute approximate surface area is 200 Å². The molecule has 0 aliphatic rings. The van der Waals surface area contributed by atoms with Crippen LogP contribution in [0.4, 0.5) is 0 Å². The van der Waals surface area contributed by atoms with Crippen LogP contribution in [0, 0.1) is 0 Å². The molecule has 0 aliphatic heterocycles. The topological polar surface area (TPSA) is 87.2 Å². The van der Waals surface area contributed by atoms with Crippen LogP contribution in [0.15, 0.2) is 54.7 Å². The Morgan fingerprint density at radius 1 is 1.03 bits per heavy atom. The molecule has 178 valence electrons. The summed E-state index contributed by atoms with van der Waals surface area (Å²) in [4.78, 5) is 15.5. The summed E-state index contributed by atoms with van der Waals surface area (Å²) in [5, 5.41) is 8.62. The van der Waals surface area contributed by atoms with E-state index in [2.05, 4.69) is 36.2 Å². The normalized spacial score (nSPS) is 13.6. The van der Waals surface area contributed by atoms with Crippen molar-refractivity contribution in [1.82, 2.24) is 4.98 Å². The van der Waals surface area contributed by atoms with Gasteiger partial charge in [0, 0.05) is 22.7 Å². The lowest BCUT2D eigenvalue weighted by Gasteiger charge is -2.23. The minimum atomic E-state index is -3.43. The molecule has 3 aromatic rings. The first-order valence-electron chi connectivity index (χ1n) is 11.6. The van der Waals surface area contributed by atoms with E-state index < -0.39 is 21.1 Å². The third kappa shape index (κ3) is 6.81. The number of aromatic carboxylic acids is 1. The Balaban J connectivity index is 1.90. The number of carboxylic acid groups (broad SMARTS) is 1. The number of thiophene rings is 1. The first-order valence-corrected chi connectivity index (χ1v) is 14.1. The summed E-state index contributed by atoms with van der Waals surface area (Å²) in [6.45, 7) is 4.04. The zero-order chi connectivity index (χ0) is 23.8. The van der Waals surface area contributed by atoms with E-state index in [4.69, 9.17) is 0 Å². The second-order valence-corrected chi connectivity index (χ2v) is 12.0. The summed E-state index contributed by atoms with van der Waals surface area (Å²) >= 11 is 1.07. The van der Waals surface area contributed by atoms with E-state index in [-0.39, 0.29) is 16.5 Å². The van der Waals surface area contributed by atoms with E-state index >= 15 is 0 Å². The summed E-state index contributed by atoms with van der Waals surface area (Å²) in [6.07, 6.45) is 6.90. The molecule has 2 unspecified atom stereocenters. The maximum absolute atomic E-state index is 13.3. The number of H-pyrrole nitrogens is 1. The van der Waals surface area contributed by atoms with Crippen molar-refractivity contribution >= 4 is 27.1 Å². The van der Waals surface area contributed by atoms with Crippen molar-refractivity contribution in [1.29, 1.82) is 0 Å². The van der Waals surface area contributed by atoms with Gasteiger partial charge in [-0.15, -0.1) is 11.3 Å². The second kappa shape index (κ2) is 11.7. The highest BCUT2D eigenvalue weighted by Gasteiger charge is 2.32. The third-order valence-electron chi connectivity index (χ3n) is 5.96. The molecule has 3 rings (SSSR count). The number of benzene rings is 1. The van der Waals surface area contributed by atoms with Gasteiger partial charge in [-0.1, -0.05) is 44.5 Å².